The van der Waals surface area contributed by atoms with Crippen molar-refractivity contribution in [2.75, 3.05) is 0 Å². The maximum Gasteiger partial charge on any atom is 0.250 e. The van der Waals surface area contributed by atoms with Gasteiger partial charge in [0.1, 0.15) is 0 Å². The van der Waals surface area contributed by atoms with Crippen LogP contribution in [-0.2, 0) is 4.79 Å². The van der Waals surface area contributed by atoms with Gasteiger partial charge in [0.25, 0.3) is 5.91 Å². The molecule has 1 amide bonds. The lowest BCUT2D eigenvalue weighted by Crippen LogP contribution is -2.35. The van der Waals surface area contributed by atoms with Crippen LogP contribution in [0.25, 0.3) is 6.08 Å². The third-order valence-corrected chi connectivity index (χ3v) is 3.65. The molecule has 0 unspecified atom stereocenters. The first-order valence-corrected chi connectivity index (χ1v) is 8.08. The molecule has 0 radical (unpaired) electrons. The highest BCUT2D eigenvalue weighted by Gasteiger charge is 2.05. The molecule has 5 nitrogen and oxygen atoms in total. The summed E-state index contributed by atoms with van der Waals surface area (Å²) in [5.74, 6) is -0.519. The second-order valence-electron chi connectivity index (χ2n) is 5.03. The number of nitrogens with zero attached hydrogens (tertiary/aromatic N) is 2. The zero-order valence-electron chi connectivity index (χ0n) is 13.4. The summed E-state index contributed by atoms with van der Waals surface area (Å²) < 4.78 is 0. The summed E-state index contributed by atoms with van der Waals surface area (Å²) in [7, 11) is 0. The van der Waals surface area contributed by atoms with E-state index in [1.165, 1.54) is 6.08 Å². The van der Waals surface area contributed by atoms with E-state index < -0.39 is 5.91 Å². The molecule has 0 fully saturated rings. The van der Waals surface area contributed by atoms with Crippen LogP contribution < -0.4 is 11.1 Å². The predicted octanol–water partition coefficient (Wildman–Crippen LogP) is 3.86. The molecular formula is C18H16Cl2N4O. The molecule has 0 aromatic heterocycles. The Morgan fingerprint density at radius 3 is 2.52 bits per heavy atom. The van der Waals surface area contributed by atoms with Crippen molar-refractivity contribution in [1.82, 2.24) is 5.32 Å². The van der Waals surface area contributed by atoms with Crippen LogP contribution in [0, 0.1) is 0 Å². The Kier molecular flexibility index (Phi) is 6.74. The minimum atomic E-state index is -0.400. The number of nitrogens with one attached hydrogen (secondary N) is 1. The molecule has 0 aliphatic carbocycles. The number of nitrogens with two attached hydrogens (primary N) is 1. The van der Waals surface area contributed by atoms with E-state index >= 15 is 0 Å². The summed E-state index contributed by atoms with van der Waals surface area (Å²) in [5.41, 5.74) is 7.78. The van der Waals surface area contributed by atoms with Crippen molar-refractivity contribution in [3.8, 4) is 0 Å². The van der Waals surface area contributed by atoms with Crippen LogP contribution >= 0.6 is 23.2 Å². The quantitative estimate of drug-likeness (QED) is 0.368. The largest absolute Gasteiger partial charge is 0.368 e. The Morgan fingerprint density at radius 2 is 1.84 bits per heavy atom. The SMILES string of the molecule is C/C(=N/N=C(\N)NC(=O)/C=C/c1ccccc1)c1ccc(Cl)cc1Cl. The summed E-state index contributed by atoms with van der Waals surface area (Å²) in [6.45, 7) is 1.73. The van der Waals surface area contributed by atoms with Gasteiger partial charge < -0.3 is 5.73 Å². The van der Waals surface area contributed by atoms with E-state index in [-0.39, 0.29) is 5.96 Å². The van der Waals surface area contributed by atoms with Gasteiger partial charge in [-0.15, -0.1) is 5.10 Å². The lowest BCUT2D eigenvalue weighted by molar-refractivity contribution is -0.115. The van der Waals surface area contributed by atoms with Gasteiger partial charge in [-0.05, 0) is 30.7 Å². The minimum Gasteiger partial charge on any atom is -0.368 e. The molecule has 0 saturated heterocycles. The van der Waals surface area contributed by atoms with E-state index in [0.29, 0.717) is 21.3 Å². The molecule has 2 rings (SSSR count). The van der Waals surface area contributed by atoms with Crippen molar-refractivity contribution < 1.29 is 4.79 Å². The van der Waals surface area contributed by atoms with E-state index in [2.05, 4.69) is 15.5 Å². The van der Waals surface area contributed by atoms with E-state index in [1.807, 2.05) is 30.3 Å². The number of hydrogen-bond acceptors (Lipinski definition) is 3. The molecule has 0 aliphatic rings. The van der Waals surface area contributed by atoms with E-state index in [1.54, 1.807) is 31.2 Å². The number of rotatable bonds is 4. The highest BCUT2D eigenvalue weighted by molar-refractivity contribution is 6.37. The number of amides is 1. The number of carbonyl (C=O) groups excluding carboxylic acids is 1. The van der Waals surface area contributed by atoms with Crippen molar-refractivity contribution in [2.24, 2.45) is 15.9 Å². The summed E-state index contributed by atoms with van der Waals surface area (Å²) in [4.78, 5) is 11.8. The van der Waals surface area contributed by atoms with Gasteiger partial charge in [-0.3, -0.25) is 10.1 Å². The van der Waals surface area contributed by atoms with Crippen LogP contribution in [0.2, 0.25) is 10.0 Å². The molecule has 2 aromatic rings. The van der Waals surface area contributed by atoms with Gasteiger partial charge in [-0.25, -0.2) is 0 Å². The third-order valence-electron chi connectivity index (χ3n) is 3.11. The summed E-state index contributed by atoms with van der Waals surface area (Å²) in [5, 5.41) is 11.2. The fraction of sp³-hybridized carbons (Fsp3) is 0.0556. The standard InChI is InChI=1S/C18H16Cl2N4O/c1-12(15-9-8-14(19)11-16(15)20)23-24-18(21)22-17(25)10-7-13-5-3-2-4-6-13/h2-11H,1H3,(H3,21,22,24,25)/b10-7+,23-12-. The first-order chi connectivity index (χ1) is 12.0. The van der Waals surface area contributed by atoms with Crippen LogP contribution in [0.15, 0.2) is 64.8 Å². The average Bonchev–Trinajstić information content (AvgIpc) is 2.59. The summed E-state index contributed by atoms with van der Waals surface area (Å²) in [6, 6.07) is 14.5. The molecular weight excluding hydrogens is 359 g/mol. The molecule has 2 aromatic carbocycles. The first-order valence-electron chi connectivity index (χ1n) is 7.33. The Labute approximate surface area is 155 Å². The van der Waals surface area contributed by atoms with Crippen molar-refractivity contribution in [2.45, 2.75) is 6.92 Å². The first kappa shape index (κ1) is 18.7. The lowest BCUT2D eigenvalue weighted by atomic mass is 10.1. The highest BCUT2D eigenvalue weighted by atomic mass is 35.5. The number of benzene rings is 2. The maximum absolute atomic E-state index is 11.8. The Balaban J connectivity index is 2.00. The molecule has 0 bridgehead atoms. The molecule has 3 N–H and O–H groups in total. The smallest absolute Gasteiger partial charge is 0.250 e. The summed E-state index contributed by atoms with van der Waals surface area (Å²) >= 11 is 12.0. The maximum atomic E-state index is 11.8. The van der Waals surface area contributed by atoms with Gasteiger partial charge in [0.2, 0.25) is 5.96 Å². The van der Waals surface area contributed by atoms with E-state index in [4.69, 9.17) is 28.9 Å². The van der Waals surface area contributed by atoms with E-state index in [9.17, 15) is 4.79 Å². The van der Waals surface area contributed by atoms with Crippen molar-refractivity contribution in [3.63, 3.8) is 0 Å². The molecule has 0 heterocycles. The number of guanidine groups is 1. The molecule has 128 valence electrons. The van der Waals surface area contributed by atoms with Crippen molar-refractivity contribution >= 4 is 46.9 Å². The van der Waals surface area contributed by atoms with Gasteiger partial charge in [-0.2, -0.15) is 5.10 Å². The molecule has 7 heteroatoms. The van der Waals surface area contributed by atoms with Gasteiger partial charge in [0, 0.05) is 16.7 Å². The van der Waals surface area contributed by atoms with Crippen LogP contribution in [0.1, 0.15) is 18.1 Å². The van der Waals surface area contributed by atoms with Gasteiger partial charge in [-0.1, -0.05) is 59.6 Å². The lowest BCUT2D eigenvalue weighted by Gasteiger charge is -2.03. The van der Waals surface area contributed by atoms with E-state index in [0.717, 1.165) is 5.56 Å². The van der Waals surface area contributed by atoms with Gasteiger partial charge in [0.05, 0.1) is 10.7 Å². The fourth-order valence-electron chi connectivity index (χ4n) is 1.89. The van der Waals surface area contributed by atoms with Crippen LogP contribution in [0.4, 0.5) is 0 Å². The van der Waals surface area contributed by atoms with Gasteiger partial charge >= 0.3 is 0 Å². The monoisotopic (exact) mass is 374 g/mol. The predicted molar refractivity (Wildman–Crippen MR) is 104 cm³/mol. The Hall–Kier alpha value is -2.63. The second kappa shape index (κ2) is 9.01. The minimum absolute atomic E-state index is 0.118. The zero-order chi connectivity index (χ0) is 18.2. The zero-order valence-corrected chi connectivity index (χ0v) is 14.9. The van der Waals surface area contributed by atoms with Crippen LogP contribution in [0.5, 0.6) is 0 Å². The topological polar surface area (TPSA) is 79.8 Å². The van der Waals surface area contributed by atoms with Crippen LogP contribution in [0.3, 0.4) is 0 Å². The average molecular weight is 375 g/mol. The number of hydrogen-bond donors (Lipinski definition) is 2. The molecule has 0 atom stereocenters. The molecule has 0 aliphatic heterocycles. The molecule has 0 saturated carbocycles. The fourth-order valence-corrected chi connectivity index (χ4v) is 2.44. The third kappa shape index (κ3) is 6.06. The van der Waals surface area contributed by atoms with Crippen LogP contribution in [-0.4, -0.2) is 17.6 Å². The molecule has 25 heavy (non-hydrogen) atoms. The van der Waals surface area contributed by atoms with Crippen molar-refractivity contribution in [1.29, 1.82) is 0 Å². The number of carbonyl (C=O) groups is 1. The highest BCUT2D eigenvalue weighted by Crippen LogP contribution is 2.21. The van der Waals surface area contributed by atoms with Gasteiger partial charge in [0.15, 0.2) is 0 Å². The molecule has 0 spiro atoms. The number of halogens is 2. The Morgan fingerprint density at radius 1 is 1.12 bits per heavy atom. The summed E-state index contributed by atoms with van der Waals surface area (Å²) in [6.07, 6.45) is 3.04. The normalized spacial score (nSPS) is 12.4. The second-order valence-corrected chi connectivity index (χ2v) is 5.87. The van der Waals surface area contributed by atoms with Crippen molar-refractivity contribution in [3.05, 3.63) is 75.8 Å². The Bertz CT molecular complexity index is 845.